The van der Waals surface area contributed by atoms with Gasteiger partial charge in [-0.05, 0) is 93.9 Å². The predicted molar refractivity (Wildman–Crippen MR) is 242 cm³/mol. The van der Waals surface area contributed by atoms with Crippen molar-refractivity contribution in [1.82, 2.24) is 14.0 Å². The van der Waals surface area contributed by atoms with Gasteiger partial charge in [-0.15, -0.1) is 0 Å². The van der Waals surface area contributed by atoms with Crippen molar-refractivity contribution in [3.63, 3.8) is 0 Å². The number of pyridine rings is 1. The van der Waals surface area contributed by atoms with E-state index in [1.807, 2.05) is 0 Å². The Balaban J connectivity index is 1.04. The third kappa shape index (κ3) is 4.60. The highest BCUT2D eigenvalue weighted by atomic mass is 15.2. The van der Waals surface area contributed by atoms with Gasteiger partial charge in [0.15, 0.2) is 5.65 Å². The molecule has 4 heteroatoms. The zero-order valence-electron chi connectivity index (χ0n) is 32.3. The number of benzene rings is 8. The SMILES string of the molecule is CC1(C)c2ccccc2-c2c(N(c3ccccc3)c3ccc(-c4ccc5c(c4)c4ccccc4c4nc6c7ccccc7n(-c7ccccc7)c6n54)cc3)cccc21. The van der Waals surface area contributed by atoms with E-state index in [9.17, 15) is 0 Å². The van der Waals surface area contributed by atoms with Crippen LogP contribution in [0.25, 0.3) is 77.3 Å². The second-order valence-electron chi connectivity index (χ2n) is 16.0. The largest absolute Gasteiger partial charge is 0.310 e. The smallest absolute Gasteiger partial charge is 0.151 e. The van der Waals surface area contributed by atoms with Gasteiger partial charge in [0, 0.05) is 44.2 Å². The molecule has 0 spiro atoms. The van der Waals surface area contributed by atoms with Crippen molar-refractivity contribution in [3.05, 3.63) is 205 Å². The minimum absolute atomic E-state index is 0.0827. The van der Waals surface area contributed by atoms with Crippen molar-refractivity contribution in [2.45, 2.75) is 19.3 Å². The monoisotopic (exact) mass is 742 g/mol. The second kappa shape index (κ2) is 12.3. The summed E-state index contributed by atoms with van der Waals surface area (Å²) in [6.45, 7) is 4.69. The summed E-state index contributed by atoms with van der Waals surface area (Å²) in [5.74, 6) is 0. The summed E-state index contributed by atoms with van der Waals surface area (Å²) in [6, 6.07) is 70.5. The van der Waals surface area contributed by atoms with Crippen LogP contribution >= 0.6 is 0 Å². The lowest BCUT2D eigenvalue weighted by Crippen LogP contribution is -2.16. The lowest BCUT2D eigenvalue weighted by molar-refractivity contribution is 0.660. The van der Waals surface area contributed by atoms with E-state index in [0.717, 1.165) is 55.7 Å². The van der Waals surface area contributed by atoms with Gasteiger partial charge in [-0.1, -0.05) is 147 Å². The Morgan fingerprint density at radius 2 is 1.12 bits per heavy atom. The van der Waals surface area contributed by atoms with Gasteiger partial charge in [-0.25, -0.2) is 4.98 Å². The van der Waals surface area contributed by atoms with Crippen LogP contribution in [-0.2, 0) is 5.41 Å². The molecular weight excluding hydrogens is 705 g/mol. The summed E-state index contributed by atoms with van der Waals surface area (Å²) in [6.07, 6.45) is 0. The second-order valence-corrected chi connectivity index (χ2v) is 16.0. The number of rotatable bonds is 5. The summed E-state index contributed by atoms with van der Waals surface area (Å²) in [7, 11) is 0. The molecule has 8 aromatic carbocycles. The fourth-order valence-corrected chi connectivity index (χ4v) is 9.80. The van der Waals surface area contributed by atoms with Crippen LogP contribution in [0.1, 0.15) is 25.0 Å². The van der Waals surface area contributed by atoms with E-state index in [2.05, 4.69) is 222 Å². The molecule has 0 radical (unpaired) electrons. The van der Waals surface area contributed by atoms with E-state index in [0.29, 0.717) is 0 Å². The normalized spacial score (nSPS) is 13.1. The molecule has 11 aromatic rings. The first-order valence-electron chi connectivity index (χ1n) is 20.1. The number of nitrogens with zero attached hydrogens (tertiary/aromatic N) is 4. The van der Waals surface area contributed by atoms with Crippen LogP contribution in [0.3, 0.4) is 0 Å². The zero-order chi connectivity index (χ0) is 38.5. The van der Waals surface area contributed by atoms with Crippen LogP contribution in [0.15, 0.2) is 194 Å². The number of anilines is 3. The zero-order valence-corrected chi connectivity index (χ0v) is 32.3. The maximum Gasteiger partial charge on any atom is 0.151 e. The van der Waals surface area contributed by atoms with Gasteiger partial charge in [-0.3, -0.25) is 8.97 Å². The molecule has 0 fully saturated rings. The molecule has 0 unspecified atom stereocenters. The fourth-order valence-electron chi connectivity index (χ4n) is 9.80. The van der Waals surface area contributed by atoms with Crippen LogP contribution in [0.4, 0.5) is 17.1 Å². The molecule has 3 aromatic heterocycles. The third-order valence-corrected chi connectivity index (χ3v) is 12.5. The molecular formula is C54H38N4. The first kappa shape index (κ1) is 32.8. The lowest BCUT2D eigenvalue weighted by Gasteiger charge is -2.29. The number of imidazole rings is 1. The van der Waals surface area contributed by atoms with Crippen molar-refractivity contribution in [3.8, 4) is 27.9 Å². The van der Waals surface area contributed by atoms with Gasteiger partial charge >= 0.3 is 0 Å². The Morgan fingerprint density at radius 1 is 0.483 bits per heavy atom. The van der Waals surface area contributed by atoms with Crippen molar-refractivity contribution in [1.29, 1.82) is 0 Å². The van der Waals surface area contributed by atoms with E-state index in [1.165, 1.54) is 49.8 Å². The number of hydrogen-bond donors (Lipinski definition) is 0. The van der Waals surface area contributed by atoms with Crippen molar-refractivity contribution in [2.75, 3.05) is 4.90 Å². The molecule has 0 saturated carbocycles. The summed E-state index contributed by atoms with van der Waals surface area (Å²) >= 11 is 0. The van der Waals surface area contributed by atoms with Gasteiger partial charge in [0.2, 0.25) is 0 Å². The van der Waals surface area contributed by atoms with E-state index in [1.54, 1.807) is 0 Å². The fraction of sp³-hybridized carbons (Fsp3) is 0.0556. The van der Waals surface area contributed by atoms with Crippen molar-refractivity contribution < 1.29 is 0 Å². The number of fused-ring (bicyclic) bond motifs is 13. The Bertz CT molecular complexity index is 3410. The molecule has 58 heavy (non-hydrogen) atoms. The molecule has 1 aliphatic carbocycles. The number of aromatic nitrogens is 3. The highest BCUT2D eigenvalue weighted by Crippen LogP contribution is 2.54. The first-order valence-corrected chi connectivity index (χ1v) is 20.1. The van der Waals surface area contributed by atoms with Crippen LogP contribution in [0, 0.1) is 0 Å². The molecule has 4 nitrogen and oxygen atoms in total. The predicted octanol–water partition coefficient (Wildman–Crippen LogP) is 14.2. The van der Waals surface area contributed by atoms with Crippen LogP contribution in [0.5, 0.6) is 0 Å². The number of hydrogen-bond acceptors (Lipinski definition) is 2. The van der Waals surface area contributed by atoms with Gasteiger partial charge in [0.25, 0.3) is 0 Å². The molecule has 3 heterocycles. The topological polar surface area (TPSA) is 25.5 Å². The van der Waals surface area contributed by atoms with Gasteiger partial charge < -0.3 is 4.90 Å². The maximum absolute atomic E-state index is 5.40. The van der Waals surface area contributed by atoms with E-state index < -0.39 is 0 Å². The molecule has 274 valence electrons. The van der Waals surface area contributed by atoms with Crippen LogP contribution in [-0.4, -0.2) is 14.0 Å². The minimum Gasteiger partial charge on any atom is -0.310 e. The van der Waals surface area contributed by atoms with Gasteiger partial charge in [-0.2, -0.15) is 0 Å². The van der Waals surface area contributed by atoms with E-state index >= 15 is 0 Å². The molecule has 1 aliphatic rings. The molecule has 0 saturated heterocycles. The molecule has 12 rings (SSSR count). The van der Waals surface area contributed by atoms with E-state index in [4.69, 9.17) is 4.98 Å². The number of para-hydroxylation sites is 3. The lowest BCUT2D eigenvalue weighted by atomic mass is 9.82. The van der Waals surface area contributed by atoms with Gasteiger partial charge in [0.1, 0.15) is 11.2 Å². The van der Waals surface area contributed by atoms with E-state index in [-0.39, 0.29) is 5.41 Å². The van der Waals surface area contributed by atoms with Crippen LogP contribution in [0.2, 0.25) is 0 Å². The molecule has 0 aliphatic heterocycles. The molecule has 0 N–H and O–H groups in total. The summed E-state index contributed by atoms with van der Waals surface area (Å²) in [4.78, 5) is 7.82. The molecule has 0 bridgehead atoms. The summed E-state index contributed by atoms with van der Waals surface area (Å²) < 4.78 is 4.74. The first-order chi connectivity index (χ1) is 28.6. The maximum atomic E-state index is 5.40. The quantitative estimate of drug-likeness (QED) is 0.164. The third-order valence-electron chi connectivity index (χ3n) is 12.5. The Morgan fingerprint density at radius 3 is 1.93 bits per heavy atom. The average Bonchev–Trinajstić information content (AvgIpc) is 3.90. The Labute approximate surface area is 336 Å². The summed E-state index contributed by atoms with van der Waals surface area (Å²) in [5, 5.41) is 4.68. The molecule has 0 amide bonds. The average molecular weight is 743 g/mol. The highest BCUT2D eigenvalue weighted by Gasteiger charge is 2.37. The van der Waals surface area contributed by atoms with Gasteiger partial charge in [0.05, 0.1) is 16.7 Å². The van der Waals surface area contributed by atoms with Crippen molar-refractivity contribution in [2.24, 2.45) is 0 Å². The minimum atomic E-state index is -0.0827. The van der Waals surface area contributed by atoms with Crippen molar-refractivity contribution >= 4 is 66.5 Å². The summed E-state index contributed by atoms with van der Waals surface area (Å²) in [5.41, 5.74) is 17.5. The van der Waals surface area contributed by atoms with Crippen LogP contribution < -0.4 is 4.90 Å². The Kier molecular flexibility index (Phi) is 6.94. The highest BCUT2D eigenvalue weighted by molar-refractivity contribution is 6.17. The standard InChI is InChI=1S/C54H38N4/c1-54(2)45-24-13-11-22-42(45)50-46(54)25-15-27-49(50)56(37-16-5-3-6-17-37)39-31-28-35(29-32-39)36-30-33-48-44(34-36)40-20-9-10-21-41(40)52-55-51-43-23-12-14-26-47(43)57(53(51)58(48)52)38-18-7-4-8-19-38/h3-34H,1-2H3. The Hall–Kier alpha value is -7.43. The molecule has 0 atom stereocenters.